The van der Waals surface area contributed by atoms with E-state index in [1.807, 2.05) is 18.7 Å². The SMILES string of the molecule is CCCCN1C(=O)CC(C#N)C1(C)C. The zero-order valence-electron chi connectivity index (χ0n) is 9.21. The van der Waals surface area contributed by atoms with Crippen LogP contribution in [-0.4, -0.2) is 22.9 Å². The van der Waals surface area contributed by atoms with Crippen molar-refractivity contribution in [1.29, 1.82) is 5.26 Å². The predicted octanol–water partition coefficient (Wildman–Crippen LogP) is 1.94. The summed E-state index contributed by atoms with van der Waals surface area (Å²) in [6.07, 6.45) is 2.50. The maximum Gasteiger partial charge on any atom is 0.224 e. The summed E-state index contributed by atoms with van der Waals surface area (Å²) < 4.78 is 0. The fraction of sp³-hybridized carbons (Fsp3) is 0.818. The number of hydrogen-bond donors (Lipinski definition) is 0. The number of carbonyl (C=O) groups excluding carboxylic acids is 1. The van der Waals surface area contributed by atoms with E-state index in [1.54, 1.807) is 0 Å². The Labute approximate surface area is 85.7 Å². The van der Waals surface area contributed by atoms with Gasteiger partial charge in [0.1, 0.15) is 0 Å². The molecule has 0 aliphatic carbocycles. The highest BCUT2D eigenvalue weighted by Crippen LogP contribution is 2.34. The third-order valence-electron chi connectivity index (χ3n) is 3.12. The number of nitrogens with zero attached hydrogens (tertiary/aromatic N) is 2. The molecule has 1 saturated heterocycles. The second-order valence-corrected chi connectivity index (χ2v) is 4.44. The first-order chi connectivity index (χ1) is 6.54. The van der Waals surface area contributed by atoms with E-state index in [4.69, 9.17) is 5.26 Å². The second kappa shape index (κ2) is 4.00. The molecule has 0 radical (unpaired) electrons. The molecule has 1 aliphatic heterocycles. The van der Waals surface area contributed by atoms with Crippen molar-refractivity contribution in [3.8, 4) is 6.07 Å². The Hall–Kier alpha value is -1.04. The molecule has 0 saturated carbocycles. The first-order valence-electron chi connectivity index (χ1n) is 5.24. The van der Waals surface area contributed by atoms with Gasteiger partial charge < -0.3 is 4.90 Å². The normalized spacial score (nSPS) is 25.1. The van der Waals surface area contributed by atoms with Crippen LogP contribution in [0.2, 0.25) is 0 Å². The van der Waals surface area contributed by atoms with Gasteiger partial charge in [-0.1, -0.05) is 13.3 Å². The average Bonchev–Trinajstić information content (AvgIpc) is 2.34. The van der Waals surface area contributed by atoms with Crippen molar-refractivity contribution in [2.24, 2.45) is 5.92 Å². The molecular formula is C11H18N2O. The summed E-state index contributed by atoms with van der Waals surface area (Å²) in [5, 5.41) is 8.93. The van der Waals surface area contributed by atoms with Crippen molar-refractivity contribution in [1.82, 2.24) is 4.90 Å². The fourth-order valence-corrected chi connectivity index (χ4v) is 1.98. The molecule has 1 heterocycles. The Bertz CT molecular complexity index is 265. The van der Waals surface area contributed by atoms with Crippen LogP contribution in [0.4, 0.5) is 0 Å². The van der Waals surface area contributed by atoms with E-state index in [0.29, 0.717) is 6.42 Å². The van der Waals surface area contributed by atoms with Crippen LogP contribution < -0.4 is 0 Å². The van der Waals surface area contributed by atoms with Crippen molar-refractivity contribution < 1.29 is 4.79 Å². The van der Waals surface area contributed by atoms with Crippen LogP contribution in [0.5, 0.6) is 0 Å². The lowest BCUT2D eigenvalue weighted by Gasteiger charge is -2.33. The maximum atomic E-state index is 11.6. The first kappa shape index (κ1) is 11.0. The lowest BCUT2D eigenvalue weighted by molar-refractivity contribution is -0.130. The lowest BCUT2D eigenvalue weighted by Crippen LogP contribution is -2.44. The molecule has 1 aliphatic rings. The molecule has 1 fully saturated rings. The number of unbranched alkanes of at least 4 members (excludes halogenated alkanes) is 1. The lowest BCUT2D eigenvalue weighted by atomic mass is 9.90. The summed E-state index contributed by atoms with van der Waals surface area (Å²) in [7, 11) is 0. The molecule has 0 aromatic carbocycles. The van der Waals surface area contributed by atoms with Gasteiger partial charge in [-0.15, -0.1) is 0 Å². The first-order valence-corrected chi connectivity index (χ1v) is 5.24. The van der Waals surface area contributed by atoms with Crippen LogP contribution in [0.1, 0.15) is 40.0 Å². The number of rotatable bonds is 3. The Morgan fingerprint density at radius 3 is 2.71 bits per heavy atom. The monoisotopic (exact) mass is 194 g/mol. The summed E-state index contributed by atoms with van der Waals surface area (Å²) >= 11 is 0. The van der Waals surface area contributed by atoms with E-state index in [0.717, 1.165) is 19.4 Å². The highest BCUT2D eigenvalue weighted by Gasteiger charge is 2.45. The number of likely N-dealkylation sites (tertiary alicyclic amines) is 1. The van der Waals surface area contributed by atoms with Gasteiger partial charge in [-0.2, -0.15) is 5.26 Å². The van der Waals surface area contributed by atoms with Gasteiger partial charge in [0.05, 0.1) is 17.5 Å². The molecule has 78 valence electrons. The van der Waals surface area contributed by atoms with E-state index in [9.17, 15) is 4.79 Å². The molecule has 3 heteroatoms. The number of carbonyl (C=O) groups is 1. The molecule has 0 aromatic rings. The number of amides is 1. The summed E-state index contributed by atoms with van der Waals surface area (Å²) in [4.78, 5) is 13.5. The molecule has 3 nitrogen and oxygen atoms in total. The summed E-state index contributed by atoms with van der Waals surface area (Å²) in [5.74, 6) is -0.0122. The van der Waals surface area contributed by atoms with Crippen molar-refractivity contribution in [2.45, 2.75) is 45.6 Å². The third kappa shape index (κ3) is 1.75. The van der Waals surface area contributed by atoms with Gasteiger partial charge >= 0.3 is 0 Å². The van der Waals surface area contributed by atoms with Crippen LogP contribution >= 0.6 is 0 Å². The molecule has 1 rings (SSSR count). The molecule has 1 amide bonds. The summed E-state index contributed by atoms with van der Waals surface area (Å²) in [6, 6.07) is 2.23. The molecule has 0 N–H and O–H groups in total. The number of hydrogen-bond acceptors (Lipinski definition) is 2. The van der Waals surface area contributed by atoms with Crippen LogP contribution in [0, 0.1) is 17.2 Å². The van der Waals surface area contributed by atoms with Crippen LogP contribution in [0.25, 0.3) is 0 Å². The zero-order valence-corrected chi connectivity index (χ0v) is 9.21. The van der Waals surface area contributed by atoms with E-state index in [2.05, 4.69) is 13.0 Å². The van der Waals surface area contributed by atoms with E-state index in [-0.39, 0.29) is 17.4 Å². The van der Waals surface area contributed by atoms with Gasteiger partial charge in [0.2, 0.25) is 5.91 Å². The summed E-state index contributed by atoms with van der Waals surface area (Å²) in [5.41, 5.74) is -0.277. The third-order valence-corrected chi connectivity index (χ3v) is 3.12. The zero-order chi connectivity index (χ0) is 10.8. The van der Waals surface area contributed by atoms with E-state index >= 15 is 0 Å². The van der Waals surface area contributed by atoms with E-state index in [1.165, 1.54) is 0 Å². The highest BCUT2D eigenvalue weighted by atomic mass is 16.2. The van der Waals surface area contributed by atoms with E-state index < -0.39 is 0 Å². The minimum Gasteiger partial charge on any atom is -0.336 e. The quantitative estimate of drug-likeness (QED) is 0.689. The van der Waals surface area contributed by atoms with Crippen LogP contribution in [0.15, 0.2) is 0 Å². The standard InChI is InChI=1S/C11H18N2O/c1-4-5-6-13-10(14)7-9(8-12)11(13,2)3/h9H,4-7H2,1-3H3. The van der Waals surface area contributed by atoms with Crippen molar-refractivity contribution in [3.05, 3.63) is 0 Å². The molecular weight excluding hydrogens is 176 g/mol. The van der Waals surface area contributed by atoms with Gasteiger partial charge in [0.25, 0.3) is 0 Å². The van der Waals surface area contributed by atoms with Gasteiger partial charge in [-0.3, -0.25) is 4.79 Å². The molecule has 1 atom stereocenters. The van der Waals surface area contributed by atoms with Crippen LogP contribution in [0.3, 0.4) is 0 Å². The highest BCUT2D eigenvalue weighted by molar-refractivity contribution is 5.80. The van der Waals surface area contributed by atoms with Gasteiger partial charge in [0, 0.05) is 13.0 Å². The Morgan fingerprint density at radius 1 is 1.64 bits per heavy atom. The Kier molecular flexibility index (Phi) is 3.15. The second-order valence-electron chi connectivity index (χ2n) is 4.44. The topological polar surface area (TPSA) is 44.1 Å². The van der Waals surface area contributed by atoms with Crippen LogP contribution in [-0.2, 0) is 4.79 Å². The van der Waals surface area contributed by atoms with Crippen molar-refractivity contribution in [2.75, 3.05) is 6.54 Å². The molecule has 0 aromatic heterocycles. The van der Waals surface area contributed by atoms with Crippen molar-refractivity contribution in [3.63, 3.8) is 0 Å². The smallest absolute Gasteiger partial charge is 0.224 e. The fourth-order valence-electron chi connectivity index (χ4n) is 1.98. The Balaban J connectivity index is 2.75. The number of nitriles is 1. The largest absolute Gasteiger partial charge is 0.336 e. The summed E-state index contributed by atoms with van der Waals surface area (Å²) in [6.45, 7) is 6.87. The Morgan fingerprint density at radius 2 is 2.29 bits per heavy atom. The minimum absolute atomic E-state index is 0.134. The molecule has 14 heavy (non-hydrogen) atoms. The van der Waals surface area contributed by atoms with Gasteiger partial charge in [-0.25, -0.2) is 0 Å². The predicted molar refractivity (Wildman–Crippen MR) is 54.4 cm³/mol. The van der Waals surface area contributed by atoms with Gasteiger partial charge in [0.15, 0.2) is 0 Å². The van der Waals surface area contributed by atoms with Crippen molar-refractivity contribution >= 4 is 5.91 Å². The molecule has 1 unspecified atom stereocenters. The molecule has 0 bridgehead atoms. The molecule has 0 spiro atoms. The average molecular weight is 194 g/mol. The minimum atomic E-state index is -0.277. The van der Waals surface area contributed by atoms with Gasteiger partial charge in [-0.05, 0) is 20.3 Å². The maximum absolute atomic E-state index is 11.6.